The van der Waals surface area contributed by atoms with Gasteiger partial charge in [-0.3, -0.25) is 4.79 Å². The summed E-state index contributed by atoms with van der Waals surface area (Å²) in [6.07, 6.45) is -0.0671. The van der Waals surface area contributed by atoms with Crippen molar-refractivity contribution in [1.29, 1.82) is 0 Å². The number of hydrogen-bond donors (Lipinski definition) is 2. The molecule has 2 atom stereocenters. The van der Waals surface area contributed by atoms with Gasteiger partial charge in [-0.1, -0.05) is 98.8 Å². The Morgan fingerprint density at radius 2 is 1.32 bits per heavy atom. The van der Waals surface area contributed by atoms with E-state index < -0.39 is 30.1 Å². The maximum atomic E-state index is 13.2. The number of hydrogen-bond acceptors (Lipinski definition) is 5. The molecule has 7 nitrogen and oxygen atoms in total. The van der Waals surface area contributed by atoms with Gasteiger partial charge in [0.25, 0.3) is 0 Å². The molecule has 0 unspecified atom stereocenters. The van der Waals surface area contributed by atoms with Gasteiger partial charge in [-0.25, -0.2) is 9.59 Å². The second kappa shape index (κ2) is 13.8. The Balaban J connectivity index is 1.65. The molecular formula is C30H34N2O5. The molecule has 2 N–H and O–H groups in total. The normalized spacial score (nSPS) is 12.3. The summed E-state index contributed by atoms with van der Waals surface area (Å²) >= 11 is 0. The monoisotopic (exact) mass is 502 g/mol. The van der Waals surface area contributed by atoms with Gasteiger partial charge in [-0.15, -0.1) is 0 Å². The molecule has 0 heterocycles. The topological polar surface area (TPSA) is 93.7 Å². The summed E-state index contributed by atoms with van der Waals surface area (Å²) in [7, 11) is 1.28. The van der Waals surface area contributed by atoms with Crippen molar-refractivity contribution in [3.05, 3.63) is 96.1 Å². The third-order valence-electron chi connectivity index (χ3n) is 5.83. The lowest BCUT2D eigenvalue weighted by Crippen LogP contribution is -2.53. The molecule has 0 spiro atoms. The number of esters is 1. The van der Waals surface area contributed by atoms with Gasteiger partial charge < -0.3 is 20.1 Å². The van der Waals surface area contributed by atoms with Crippen LogP contribution in [0, 0.1) is 5.92 Å². The number of carbonyl (C=O) groups is 3. The van der Waals surface area contributed by atoms with Crippen molar-refractivity contribution in [2.45, 2.75) is 45.4 Å². The fraction of sp³-hybridized carbons (Fsp3) is 0.300. The van der Waals surface area contributed by atoms with Crippen LogP contribution in [0.2, 0.25) is 0 Å². The highest BCUT2D eigenvalue weighted by Crippen LogP contribution is 2.20. The van der Waals surface area contributed by atoms with Gasteiger partial charge in [0.15, 0.2) is 0 Å². The number of ether oxygens (including phenoxy) is 2. The van der Waals surface area contributed by atoms with Crippen molar-refractivity contribution in [2.24, 2.45) is 5.92 Å². The summed E-state index contributed by atoms with van der Waals surface area (Å²) < 4.78 is 10.2. The molecule has 7 heteroatoms. The lowest BCUT2D eigenvalue weighted by atomic mass is 9.99. The standard InChI is InChI=1S/C30H34N2O5/c1-21(2)18-26(32-30(35)37-20-23-10-6-4-7-11-23)28(33)31-27(29(34)36-3)19-22-14-16-25(17-15-22)24-12-8-5-9-13-24/h4-17,21,26-27H,18-20H2,1-3H3,(H,31,33)(H,32,35)/t26-,27-/m0/s1. The molecule has 3 aromatic carbocycles. The van der Waals surface area contributed by atoms with E-state index in [1.165, 1.54) is 7.11 Å². The van der Waals surface area contributed by atoms with Crippen LogP contribution in [-0.2, 0) is 32.1 Å². The van der Waals surface area contributed by atoms with E-state index in [4.69, 9.17) is 9.47 Å². The summed E-state index contributed by atoms with van der Waals surface area (Å²) in [5.74, 6) is -0.913. The first-order chi connectivity index (χ1) is 17.9. The Morgan fingerprint density at radius 1 is 0.730 bits per heavy atom. The number of nitrogens with one attached hydrogen (secondary N) is 2. The molecule has 2 amide bonds. The van der Waals surface area contributed by atoms with E-state index in [0.717, 1.165) is 22.3 Å². The van der Waals surface area contributed by atoms with Crippen LogP contribution in [0.5, 0.6) is 0 Å². The zero-order valence-electron chi connectivity index (χ0n) is 21.5. The first kappa shape index (κ1) is 27.5. The molecule has 37 heavy (non-hydrogen) atoms. The summed E-state index contributed by atoms with van der Waals surface area (Å²) in [4.78, 5) is 38.1. The van der Waals surface area contributed by atoms with Gasteiger partial charge in [0.1, 0.15) is 18.7 Å². The second-order valence-corrected chi connectivity index (χ2v) is 9.24. The minimum Gasteiger partial charge on any atom is -0.467 e. The Labute approximate surface area is 218 Å². The lowest BCUT2D eigenvalue weighted by Gasteiger charge is -2.23. The quantitative estimate of drug-likeness (QED) is 0.364. The molecule has 0 saturated carbocycles. The predicted molar refractivity (Wildman–Crippen MR) is 143 cm³/mol. The van der Waals surface area contributed by atoms with Crippen molar-refractivity contribution in [2.75, 3.05) is 7.11 Å². The van der Waals surface area contributed by atoms with Crippen molar-refractivity contribution < 1.29 is 23.9 Å². The molecule has 0 aromatic heterocycles. The van der Waals surface area contributed by atoms with Crippen LogP contribution in [0.3, 0.4) is 0 Å². The minimum absolute atomic E-state index is 0.0897. The molecule has 3 aromatic rings. The van der Waals surface area contributed by atoms with Gasteiger partial charge in [0, 0.05) is 6.42 Å². The van der Waals surface area contributed by atoms with Gasteiger partial charge in [-0.2, -0.15) is 0 Å². The smallest absolute Gasteiger partial charge is 0.408 e. The number of benzene rings is 3. The van der Waals surface area contributed by atoms with E-state index in [1.807, 2.05) is 98.8 Å². The van der Waals surface area contributed by atoms with Gasteiger partial charge in [0.05, 0.1) is 7.11 Å². The maximum absolute atomic E-state index is 13.2. The number of alkyl carbamates (subject to hydrolysis) is 1. The third-order valence-corrected chi connectivity index (χ3v) is 5.83. The molecule has 194 valence electrons. The van der Waals surface area contributed by atoms with Gasteiger partial charge in [0.2, 0.25) is 5.91 Å². The molecule has 0 aliphatic heterocycles. The Morgan fingerprint density at radius 3 is 1.92 bits per heavy atom. The lowest BCUT2D eigenvalue weighted by molar-refractivity contribution is -0.145. The zero-order chi connectivity index (χ0) is 26.6. The van der Waals surface area contributed by atoms with Gasteiger partial charge >= 0.3 is 12.1 Å². The highest BCUT2D eigenvalue weighted by atomic mass is 16.5. The SMILES string of the molecule is COC(=O)[C@H](Cc1ccc(-c2ccccc2)cc1)NC(=O)[C@H](CC(C)C)NC(=O)OCc1ccccc1. The molecular weight excluding hydrogens is 468 g/mol. The molecule has 0 saturated heterocycles. The van der Waals surface area contributed by atoms with E-state index in [9.17, 15) is 14.4 Å². The van der Waals surface area contributed by atoms with E-state index in [1.54, 1.807) is 0 Å². The average molecular weight is 503 g/mol. The number of amides is 2. The number of methoxy groups -OCH3 is 1. The second-order valence-electron chi connectivity index (χ2n) is 9.24. The summed E-state index contributed by atoms with van der Waals surface area (Å²) in [5, 5.41) is 5.41. The van der Waals surface area contributed by atoms with E-state index in [0.29, 0.717) is 6.42 Å². The fourth-order valence-corrected chi connectivity index (χ4v) is 3.92. The highest BCUT2D eigenvalue weighted by molar-refractivity contribution is 5.89. The largest absolute Gasteiger partial charge is 0.467 e. The van der Waals surface area contributed by atoms with Crippen molar-refractivity contribution in [1.82, 2.24) is 10.6 Å². The Hall–Kier alpha value is -4.13. The van der Waals surface area contributed by atoms with Crippen molar-refractivity contribution >= 4 is 18.0 Å². The molecule has 0 bridgehead atoms. The first-order valence-corrected chi connectivity index (χ1v) is 12.4. The Bertz CT molecular complexity index is 1150. The fourth-order valence-electron chi connectivity index (χ4n) is 3.92. The molecule has 0 radical (unpaired) electrons. The van der Waals surface area contributed by atoms with Crippen molar-refractivity contribution in [3.8, 4) is 11.1 Å². The van der Waals surface area contributed by atoms with Gasteiger partial charge in [-0.05, 0) is 34.6 Å². The summed E-state index contributed by atoms with van der Waals surface area (Å²) in [6.45, 7) is 3.99. The van der Waals surface area contributed by atoms with Crippen LogP contribution < -0.4 is 10.6 Å². The zero-order valence-corrected chi connectivity index (χ0v) is 21.5. The minimum atomic E-state index is -0.906. The number of rotatable bonds is 11. The molecule has 0 aliphatic carbocycles. The van der Waals surface area contributed by atoms with Crippen LogP contribution in [0.25, 0.3) is 11.1 Å². The predicted octanol–water partition coefficient (Wildman–Crippen LogP) is 4.90. The highest BCUT2D eigenvalue weighted by Gasteiger charge is 2.28. The van der Waals surface area contributed by atoms with E-state index in [-0.39, 0.29) is 18.9 Å². The Kier molecular flexibility index (Phi) is 10.3. The summed E-state index contributed by atoms with van der Waals surface area (Å²) in [5.41, 5.74) is 3.85. The van der Waals surface area contributed by atoms with Crippen LogP contribution >= 0.6 is 0 Å². The number of carbonyl (C=O) groups excluding carboxylic acids is 3. The average Bonchev–Trinajstić information content (AvgIpc) is 2.92. The first-order valence-electron chi connectivity index (χ1n) is 12.4. The molecule has 0 aliphatic rings. The van der Waals surface area contributed by atoms with E-state index >= 15 is 0 Å². The van der Waals surface area contributed by atoms with Crippen molar-refractivity contribution in [3.63, 3.8) is 0 Å². The molecule has 3 rings (SSSR count). The van der Waals surface area contributed by atoms with Crippen LogP contribution in [0.15, 0.2) is 84.9 Å². The maximum Gasteiger partial charge on any atom is 0.408 e. The third kappa shape index (κ3) is 8.79. The van der Waals surface area contributed by atoms with Crippen LogP contribution in [-0.4, -0.2) is 37.2 Å². The van der Waals surface area contributed by atoms with Crippen LogP contribution in [0.1, 0.15) is 31.4 Å². The van der Waals surface area contributed by atoms with Crippen LogP contribution in [0.4, 0.5) is 4.79 Å². The summed E-state index contributed by atoms with van der Waals surface area (Å²) in [6, 6.07) is 25.3. The van der Waals surface area contributed by atoms with E-state index in [2.05, 4.69) is 10.6 Å². The molecule has 0 fully saturated rings.